The molecule has 5 nitrogen and oxygen atoms in total. The second-order valence-corrected chi connectivity index (χ2v) is 6.00. The van der Waals surface area contributed by atoms with Crippen LogP contribution >= 0.6 is 23.2 Å². The summed E-state index contributed by atoms with van der Waals surface area (Å²) < 4.78 is 0. The van der Waals surface area contributed by atoms with Gasteiger partial charge in [0.1, 0.15) is 6.54 Å². The smallest absolute Gasteiger partial charge is 0.240 e. The van der Waals surface area contributed by atoms with E-state index < -0.39 is 0 Å². The number of rotatable bonds is 7. The van der Waals surface area contributed by atoms with E-state index in [0.29, 0.717) is 22.3 Å². The summed E-state index contributed by atoms with van der Waals surface area (Å²) in [4.78, 5) is 27.1. The lowest BCUT2D eigenvalue weighted by atomic mass is 10.2. The quantitative estimate of drug-likeness (QED) is 0.772. The highest BCUT2D eigenvalue weighted by Crippen LogP contribution is 2.33. The number of hydrogen-bond donors (Lipinski definition) is 1. The van der Waals surface area contributed by atoms with Gasteiger partial charge in [0.15, 0.2) is 0 Å². The normalized spacial score (nSPS) is 10.6. The summed E-state index contributed by atoms with van der Waals surface area (Å²) in [7, 11) is 3.94. The number of halogens is 2. The maximum absolute atomic E-state index is 12.0. The highest BCUT2D eigenvalue weighted by molar-refractivity contribution is 6.40. The molecule has 0 saturated heterocycles. The number of nitrogens with zero attached hydrogens (tertiary/aromatic N) is 2. The van der Waals surface area contributed by atoms with Gasteiger partial charge in [-0.05, 0) is 39.2 Å². The predicted molar refractivity (Wildman–Crippen MR) is 90.7 cm³/mol. The van der Waals surface area contributed by atoms with Crippen molar-refractivity contribution in [1.29, 1.82) is 0 Å². The Kier molecular flexibility index (Phi) is 7.65. The first-order valence-corrected chi connectivity index (χ1v) is 7.72. The Morgan fingerprint density at radius 1 is 1.18 bits per heavy atom. The van der Waals surface area contributed by atoms with Gasteiger partial charge in [0.05, 0.1) is 15.7 Å². The van der Waals surface area contributed by atoms with Crippen LogP contribution in [0.5, 0.6) is 0 Å². The largest absolute Gasteiger partial charge is 0.355 e. The third-order valence-electron chi connectivity index (χ3n) is 2.99. The molecule has 1 rings (SSSR count). The molecule has 0 atom stereocenters. The summed E-state index contributed by atoms with van der Waals surface area (Å²) in [5, 5.41) is 3.46. The zero-order valence-corrected chi connectivity index (χ0v) is 14.5. The third-order valence-corrected chi connectivity index (χ3v) is 3.60. The highest BCUT2D eigenvalue weighted by atomic mass is 35.5. The van der Waals surface area contributed by atoms with E-state index in [4.69, 9.17) is 23.2 Å². The van der Waals surface area contributed by atoms with Crippen LogP contribution in [0.4, 0.5) is 5.69 Å². The van der Waals surface area contributed by atoms with Crippen molar-refractivity contribution in [1.82, 2.24) is 10.2 Å². The van der Waals surface area contributed by atoms with E-state index in [1.54, 1.807) is 18.2 Å². The molecule has 0 aromatic heterocycles. The summed E-state index contributed by atoms with van der Waals surface area (Å²) in [6, 6.07) is 4.95. The number of benzene rings is 1. The zero-order valence-electron chi connectivity index (χ0n) is 13.0. The summed E-state index contributed by atoms with van der Waals surface area (Å²) in [5.41, 5.74) is 0.363. The molecule has 0 aliphatic heterocycles. The van der Waals surface area contributed by atoms with Gasteiger partial charge in [0, 0.05) is 13.5 Å². The van der Waals surface area contributed by atoms with Gasteiger partial charge in [-0.3, -0.25) is 9.59 Å². The van der Waals surface area contributed by atoms with Crippen LogP contribution in [0, 0.1) is 0 Å². The molecule has 22 heavy (non-hydrogen) atoms. The molecule has 0 bridgehead atoms. The van der Waals surface area contributed by atoms with Gasteiger partial charge in [0.2, 0.25) is 11.8 Å². The Labute approximate surface area is 141 Å². The monoisotopic (exact) mass is 345 g/mol. The first-order chi connectivity index (χ1) is 10.3. The molecule has 0 heterocycles. The van der Waals surface area contributed by atoms with Crippen LogP contribution in [-0.4, -0.2) is 50.4 Å². The Hall–Kier alpha value is -1.30. The summed E-state index contributed by atoms with van der Waals surface area (Å²) in [6.07, 6.45) is 0.839. The van der Waals surface area contributed by atoms with Crippen LogP contribution in [0.1, 0.15) is 13.3 Å². The fourth-order valence-corrected chi connectivity index (χ4v) is 2.52. The van der Waals surface area contributed by atoms with Crippen LogP contribution in [0.15, 0.2) is 18.2 Å². The first kappa shape index (κ1) is 18.7. The van der Waals surface area contributed by atoms with Crippen molar-refractivity contribution >= 4 is 40.7 Å². The fraction of sp³-hybridized carbons (Fsp3) is 0.467. The molecule has 0 fully saturated rings. The standard InChI is InChI=1S/C15H21Cl2N3O2/c1-11(21)20(15-12(16)6-4-7-13(15)17)10-14(22)18-8-5-9-19(2)3/h4,6-7H,5,8-10H2,1-3H3,(H,18,22). The SMILES string of the molecule is CC(=O)N(CC(=O)NCCCN(C)C)c1c(Cl)cccc1Cl. The minimum atomic E-state index is -0.293. The van der Waals surface area contributed by atoms with Gasteiger partial charge in [-0.25, -0.2) is 0 Å². The van der Waals surface area contributed by atoms with Crippen molar-refractivity contribution in [3.8, 4) is 0 Å². The average molecular weight is 346 g/mol. The molecule has 0 radical (unpaired) electrons. The maximum atomic E-state index is 12.0. The van der Waals surface area contributed by atoms with Gasteiger partial charge in [-0.2, -0.15) is 0 Å². The number of amides is 2. The van der Waals surface area contributed by atoms with Crippen molar-refractivity contribution in [2.24, 2.45) is 0 Å². The summed E-state index contributed by atoms with van der Waals surface area (Å²) in [6.45, 7) is 2.70. The summed E-state index contributed by atoms with van der Waals surface area (Å²) in [5.74, 6) is -0.539. The summed E-state index contributed by atoms with van der Waals surface area (Å²) >= 11 is 12.2. The van der Waals surface area contributed by atoms with Crippen molar-refractivity contribution in [2.75, 3.05) is 38.6 Å². The van der Waals surface area contributed by atoms with Crippen LogP contribution in [0.3, 0.4) is 0 Å². The second-order valence-electron chi connectivity index (χ2n) is 5.18. The van der Waals surface area contributed by atoms with E-state index in [9.17, 15) is 9.59 Å². The Bertz CT molecular complexity index is 515. The fourth-order valence-electron chi connectivity index (χ4n) is 1.92. The Morgan fingerprint density at radius 2 is 1.77 bits per heavy atom. The molecular formula is C15H21Cl2N3O2. The molecule has 0 spiro atoms. The van der Waals surface area contributed by atoms with Crippen LogP contribution < -0.4 is 10.2 Å². The Balaban J connectivity index is 2.69. The molecule has 0 aliphatic carbocycles. The maximum Gasteiger partial charge on any atom is 0.240 e. The lowest BCUT2D eigenvalue weighted by Crippen LogP contribution is -2.40. The third kappa shape index (κ3) is 5.83. The molecule has 0 aliphatic rings. The number of anilines is 1. The van der Waals surface area contributed by atoms with Gasteiger partial charge in [-0.15, -0.1) is 0 Å². The van der Waals surface area contributed by atoms with E-state index in [1.165, 1.54) is 11.8 Å². The molecule has 1 aromatic rings. The van der Waals surface area contributed by atoms with Gasteiger partial charge >= 0.3 is 0 Å². The predicted octanol–water partition coefficient (Wildman–Crippen LogP) is 2.41. The van der Waals surface area contributed by atoms with Gasteiger partial charge in [0.25, 0.3) is 0 Å². The number of carbonyl (C=O) groups excluding carboxylic acids is 2. The van der Waals surface area contributed by atoms with Crippen molar-refractivity contribution in [3.05, 3.63) is 28.2 Å². The molecule has 1 aromatic carbocycles. The molecule has 0 unspecified atom stereocenters. The van der Waals surface area contributed by atoms with Crippen molar-refractivity contribution in [3.63, 3.8) is 0 Å². The van der Waals surface area contributed by atoms with Gasteiger partial charge < -0.3 is 15.1 Å². The Morgan fingerprint density at radius 3 is 2.27 bits per heavy atom. The second kappa shape index (κ2) is 8.98. The van der Waals surface area contributed by atoms with Crippen molar-refractivity contribution < 1.29 is 9.59 Å². The minimum Gasteiger partial charge on any atom is -0.355 e. The van der Waals surface area contributed by atoms with Gasteiger partial charge in [-0.1, -0.05) is 29.3 Å². The van der Waals surface area contributed by atoms with E-state index in [1.807, 2.05) is 19.0 Å². The van der Waals surface area contributed by atoms with E-state index in [0.717, 1.165) is 13.0 Å². The number of carbonyl (C=O) groups is 2. The van der Waals surface area contributed by atoms with Crippen LogP contribution in [-0.2, 0) is 9.59 Å². The minimum absolute atomic E-state index is 0.110. The lowest BCUT2D eigenvalue weighted by Gasteiger charge is -2.23. The van der Waals surface area contributed by atoms with E-state index >= 15 is 0 Å². The van der Waals surface area contributed by atoms with Crippen molar-refractivity contribution in [2.45, 2.75) is 13.3 Å². The first-order valence-electron chi connectivity index (χ1n) is 6.96. The van der Waals surface area contributed by atoms with E-state index in [2.05, 4.69) is 5.32 Å². The molecule has 7 heteroatoms. The molecule has 122 valence electrons. The zero-order chi connectivity index (χ0) is 16.7. The molecule has 1 N–H and O–H groups in total. The molecular weight excluding hydrogens is 325 g/mol. The van der Waals surface area contributed by atoms with Crippen LogP contribution in [0.2, 0.25) is 10.0 Å². The molecule has 0 saturated carbocycles. The number of nitrogens with one attached hydrogen (secondary N) is 1. The average Bonchev–Trinajstić information content (AvgIpc) is 2.42. The van der Waals surface area contributed by atoms with E-state index in [-0.39, 0.29) is 18.4 Å². The number of hydrogen-bond acceptors (Lipinski definition) is 3. The topological polar surface area (TPSA) is 52.7 Å². The lowest BCUT2D eigenvalue weighted by molar-refractivity contribution is -0.123. The van der Waals surface area contributed by atoms with Crippen LogP contribution in [0.25, 0.3) is 0 Å². The number of para-hydroxylation sites is 1. The highest BCUT2D eigenvalue weighted by Gasteiger charge is 2.20. The molecule has 2 amide bonds.